The fourth-order valence-corrected chi connectivity index (χ4v) is 4.45. The molecule has 0 aliphatic carbocycles. The largest absolute Gasteiger partial charge is 0.573 e. The summed E-state index contributed by atoms with van der Waals surface area (Å²) < 4.78 is 67.6. The van der Waals surface area contributed by atoms with Gasteiger partial charge in [-0.25, -0.2) is 8.42 Å². The first-order chi connectivity index (χ1) is 10.1. The van der Waals surface area contributed by atoms with Gasteiger partial charge < -0.3 is 10.5 Å². The molecule has 0 aromatic heterocycles. The van der Waals surface area contributed by atoms with Gasteiger partial charge >= 0.3 is 6.36 Å². The van der Waals surface area contributed by atoms with E-state index in [9.17, 15) is 21.6 Å². The number of alkyl halides is 3. The molecule has 0 radical (unpaired) electrons. The zero-order valence-electron chi connectivity index (χ0n) is 12.3. The third kappa shape index (κ3) is 4.50. The minimum Gasteiger partial charge on any atom is -0.404 e. The maximum atomic E-state index is 12.7. The van der Waals surface area contributed by atoms with E-state index in [1.54, 1.807) is 6.92 Å². The lowest BCUT2D eigenvalue weighted by molar-refractivity contribution is -0.275. The molecule has 0 saturated carbocycles. The van der Waals surface area contributed by atoms with Gasteiger partial charge in [-0.05, 0) is 37.9 Å². The second kappa shape index (κ2) is 7.25. The summed E-state index contributed by atoms with van der Waals surface area (Å²) in [6.45, 7) is 2.23. The van der Waals surface area contributed by atoms with Crippen molar-refractivity contribution in [3.63, 3.8) is 0 Å². The molecule has 0 bridgehead atoms. The van der Waals surface area contributed by atoms with Crippen LogP contribution in [0.15, 0.2) is 29.2 Å². The van der Waals surface area contributed by atoms with E-state index in [0.29, 0.717) is 13.0 Å². The van der Waals surface area contributed by atoms with Crippen molar-refractivity contribution in [1.82, 2.24) is 4.31 Å². The fraction of sp³-hybridized carbons (Fsp3) is 0.538. The average Bonchev–Trinajstić information content (AvgIpc) is 2.79. The van der Waals surface area contributed by atoms with Crippen molar-refractivity contribution in [1.29, 1.82) is 0 Å². The summed E-state index contributed by atoms with van der Waals surface area (Å²) in [6.07, 6.45) is -4.37. The Morgan fingerprint density at radius 3 is 2.48 bits per heavy atom. The first kappa shape index (κ1) is 20.0. The van der Waals surface area contributed by atoms with Gasteiger partial charge in [0.05, 0.1) is 0 Å². The number of ether oxygens (including phenoxy) is 1. The van der Waals surface area contributed by atoms with Crippen LogP contribution < -0.4 is 10.5 Å². The number of hydrogen-bond donors (Lipinski definition) is 1. The molecule has 2 unspecified atom stereocenters. The smallest absolute Gasteiger partial charge is 0.404 e. The van der Waals surface area contributed by atoms with Gasteiger partial charge in [-0.3, -0.25) is 0 Å². The number of para-hydroxylation sites is 1. The molecule has 0 spiro atoms. The van der Waals surface area contributed by atoms with E-state index in [1.165, 1.54) is 16.4 Å². The minimum atomic E-state index is -4.96. The van der Waals surface area contributed by atoms with Gasteiger partial charge in [0.15, 0.2) is 0 Å². The van der Waals surface area contributed by atoms with Crippen LogP contribution in [0.4, 0.5) is 13.2 Å². The van der Waals surface area contributed by atoms with Crippen molar-refractivity contribution >= 4 is 22.4 Å². The van der Waals surface area contributed by atoms with Crippen molar-refractivity contribution in [2.75, 3.05) is 13.1 Å². The van der Waals surface area contributed by atoms with Crippen molar-refractivity contribution in [3.05, 3.63) is 24.3 Å². The van der Waals surface area contributed by atoms with Crippen LogP contribution in [-0.4, -0.2) is 38.2 Å². The Balaban J connectivity index is 0.00000264. The summed E-state index contributed by atoms with van der Waals surface area (Å²) in [5, 5.41) is 0. The zero-order chi connectivity index (χ0) is 16.5. The highest BCUT2D eigenvalue weighted by molar-refractivity contribution is 7.89. The van der Waals surface area contributed by atoms with E-state index in [2.05, 4.69) is 4.74 Å². The molecular formula is C13H18ClF3N2O3S. The maximum absolute atomic E-state index is 12.7. The van der Waals surface area contributed by atoms with Gasteiger partial charge in [-0.2, -0.15) is 4.31 Å². The van der Waals surface area contributed by atoms with Crippen LogP contribution in [0.5, 0.6) is 5.75 Å². The third-order valence-corrected chi connectivity index (χ3v) is 5.62. The highest BCUT2D eigenvalue weighted by Crippen LogP contribution is 2.35. The number of nitrogens with two attached hydrogens (primary N) is 1. The topological polar surface area (TPSA) is 72.6 Å². The quantitative estimate of drug-likeness (QED) is 0.878. The first-order valence-electron chi connectivity index (χ1n) is 6.72. The second-order valence-electron chi connectivity index (χ2n) is 5.26. The van der Waals surface area contributed by atoms with Gasteiger partial charge in [0.2, 0.25) is 10.0 Å². The molecule has 1 aliphatic heterocycles. The summed E-state index contributed by atoms with van der Waals surface area (Å²) >= 11 is 0. The van der Waals surface area contributed by atoms with Gasteiger partial charge in [-0.15, -0.1) is 25.6 Å². The Morgan fingerprint density at radius 2 is 1.96 bits per heavy atom. The lowest BCUT2D eigenvalue weighted by Gasteiger charge is -2.22. The van der Waals surface area contributed by atoms with E-state index in [0.717, 1.165) is 12.1 Å². The Hall–Kier alpha value is -1.03. The van der Waals surface area contributed by atoms with E-state index in [-0.39, 0.29) is 30.9 Å². The lowest BCUT2D eigenvalue weighted by Crippen LogP contribution is -2.35. The normalized spacial score (nSPS) is 22.7. The molecule has 2 rings (SSSR count). The predicted octanol–water partition coefficient (Wildman–Crippen LogP) is 2.36. The summed E-state index contributed by atoms with van der Waals surface area (Å²) in [5.74, 6) is -0.723. The summed E-state index contributed by atoms with van der Waals surface area (Å²) in [6, 6.07) is 4.42. The lowest BCUT2D eigenvalue weighted by atomic mass is 10.1. The summed E-state index contributed by atoms with van der Waals surface area (Å²) in [7, 11) is -4.08. The molecule has 10 heteroatoms. The standard InChI is InChI=1S/C13H17F3N2O3S.ClH/c1-9-6-10(7-17)8-18(9)22(19,20)12-5-3-2-4-11(12)21-13(14,15)16;/h2-5,9-10H,6-8,17H2,1H3;1H. The fourth-order valence-electron chi connectivity index (χ4n) is 2.61. The molecular weight excluding hydrogens is 357 g/mol. The molecule has 5 nitrogen and oxygen atoms in total. The number of halogens is 4. The SMILES string of the molecule is CC1CC(CN)CN1S(=O)(=O)c1ccccc1OC(F)(F)F.Cl. The van der Waals surface area contributed by atoms with Crippen LogP contribution in [0.2, 0.25) is 0 Å². The summed E-state index contributed by atoms with van der Waals surface area (Å²) in [4.78, 5) is -0.489. The molecule has 2 N–H and O–H groups in total. The Bertz CT molecular complexity index is 640. The van der Waals surface area contributed by atoms with Gasteiger partial charge in [0, 0.05) is 12.6 Å². The van der Waals surface area contributed by atoms with E-state index in [1.807, 2.05) is 0 Å². The molecule has 132 valence electrons. The van der Waals surface area contributed by atoms with Crippen molar-refractivity contribution in [2.24, 2.45) is 11.7 Å². The van der Waals surface area contributed by atoms with Gasteiger partial charge in [0.25, 0.3) is 0 Å². The van der Waals surface area contributed by atoms with Crippen LogP contribution >= 0.6 is 12.4 Å². The molecule has 1 aliphatic rings. The van der Waals surface area contributed by atoms with Crippen LogP contribution in [0.1, 0.15) is 13.3 Å². The van der Waals surface area contributed by atoms with E-state index in [4.69, 9.17) is 5.73 Å². The maximum Gasteiger partial charge on any atom is 0.573 e. The zero-order valence-corrected chi connectivity index (χ0v) is 13.9. The van der Waals surface area contributed by atoms with Gasteiger partial charge in [-0.1, -0.05) is 12.1 Å². The van der Waals surface area contributed by atoms with Crippen LogP contribution in [0.25, 0.3) is 0 Å². The predicted molar refractivity (Wildman–Crippen MR) is 80.9 cm³/mol. The van der Waals surface area contributed by atoms with Crippen LogP contribution in [-0.2, 0) is 10.0 Å². The van der Waals surface area contributed by atoms with Crippen molar-refractivity contribution in [2.45, 2.75) is 30.6 Å². The molecule has 1 fully saturated rings. The van der Waals surface area contributed by atoms with E-state index >= 15 is 0 Å². The Morgan fingerprint density at radius 1 is 1.35 bits per heavy atom. The molecule has 2 atom stereocenters. The highest BCUT2D eigenvalue weighted by Gasteiger charge is 2.40. The Kier molecular flexibility index (Phi) is 6.31. The number of sulfonamides is 1. The molecule has 1 saturated heterocycles. The molecule has 0 amide bonds. The van der Waals surface area contributed by atoms with Crippen molar-refractivity contribution < 1.29 is 26.3 Å². The van der Waals surface area contributed by atoms with Crippen LogP contribution in [0, 0.1) is 5.92 Å². The summed E-state index contributed by atoms with van der Waals surface area (Å²) in [5.41, 5.74) is 5.56. The average molecular weight is 375 g/mol. The second-order valence-corrected chi connectivity index (χ2v) is 7.11. The minimum absolute atomic E-state index is 0. The van der Waals surface area contributed by atoms with E-state index < -0.39 is 27.0 Å². The van der Waals surface area contributed by atoms with Crippen molar-refractivity contribution in [3.8, 4) is 5.75 Å². The number of hydrogen-bond acceptors (Lipinski definition) is 4. The number of rotatable bonds is 4. The molecule has 23 heavy (non-hydrogen) atoms. The molecule has 1 aromatic rings. The Labute approximate surface area is 139 Å². The number of benzene rings is 1. The van der Waals surface area contributed by atoms with Crippen LogP contribution in [0.3, 0.4) is 0 Å². The third-order valence-electron chi connectivity index (χ3n) is 3.60. The molecule has 1 heterocycles. The first-order valence-corrected chi connectivity index (χ1v) is 8.16. The van der Waals surface area contributed by atoms with Gasteiger partial charge in [0.1, 0.15) is 10.6 Å². The number of nitrogens with zero attached hydrogens (tertiary/aromatic N) is 1. The monoisotopic (exact) mass is 374 g/mol. The molecule has 1 aromatic carbocycles. The highest BCUT2D eigenvalue weighted by atomic mass is 35.5.